The zero-order chi connectivity index (χ0) is 53.0. The summed E-state index contributed by atoms with van der Waals surface area (Å²) in [5, 5.41) is 9.35. The Labute approximate surface area is 419 Å². The van der Waals surface area contributed by atoms with E-state index in [1.165, 1.54) is 12.1 Å². The highest BCUT2D eigenvalue weighted by molar-refractivity contribution is 7.87. The van der Waals surface area contributed by atoms with E-state index in [0.717, 1.165) is 17.8 Å². The van der Waals surface area contributed by atoms with Gasteiger partial charge < -0.3 is 42.4 Å². The van der Waals surface area contributed by atoms with E-state index in [-0.39, 0.29) is 54.2 Å². The molecule has 0 bridgehead atoms. The number of anilines is 1. The lowest BCUT2D eigenvalue weighted by Gasteiger charge is -2.31. The maximum absolute atomic E-state index is 12.6. The number of carboxylic acid groups (broad SMARTS) is 1. The molecule has 0 spiro atoms. The zero-order valence-corrected chi connectivity index (χ0v) is 43.4. The Kier molecular flexibility index (Phi) is 17.2. The van der Waals surface area contributed by atoms with Gasteiger partial charge in [-0.15, -0.1) is 0 Å². The molecular formula is C49H55N2O17S4-3. The molecule has 0 saturated carbocycles. The topological polar surface area (TPSA) is 300 Å². The van der Waals surface area contributed by atoms with Gasteiger partial charge in [-0.05, 0) is 111 Å². The van der Waals surface area contributed by atoms with Crippen molar-refractivity contribution in [3.63, 3.8) is 0 Å². The predicted octanol–water partition coefficient (Wildman–Crippen LogP) is 6.05. The molecule has 0 fully saturated rings. The monoisotopic (exact) mass is 1070 g/mol. The van der Waals surface area contributed by atoms with Gasteiger partial charge in [-0.3, -0.25) is 4.79 Å². The minimum absolute atomic E-state index is 0.0211. The highest BCUT2D eigenvalue weighted by Crippen LogP contribution is 2.54. The first-order valence-corrected chi connectivity index (χ1v) is 28.4. The summed E-state index contributed by atoms with van der Waals surface area (Å²) in [6.45, 7) is 9.55. The van der Waals surface area contributed by atoms with Crippen molar-refractivity contribution in [2.45, 2.75) is 90.2 Å². The molecule has 1 atom stereocenters. The molecule has 0 aromatic heterocycles. The molecule has 72 heavy (non-hydrogen) atoms. The molecule has 0 amide bonds. The maximum Gasteiger partial charge on any atom is 0.303 e. The van der Waals surface area contributed by atoms with Gasteiger partial charge in [-0.2, -0.15) is 4.58 Å². The van der Waals surface area contributed by atoms with E-state index in [0.29, 0.717) is 85.9 Å². The largest absolute Gasteiger partial charge is 0.744 e. The molecule has 2 aliphatic heterocycles. The minimum Gasteiger partial charge on any atom is -0.744 e. The van der Waals surface area contributed by atoms with Gasteiger partial charge in [0.25, 0.3) is 0 Å². The number of benzene rings is 4. The summed E-state index contributed by atoms with van der Waals surface area (Å²) in [6.07, 6.45) is 14.0. The van der Waals surface area contributed by atoms with E-state index in [4.69, 9.17) is 14.2 Å². The molecular weight excluding hydrogens is 1020 g/mol. The van der Waals surface area contributed by atoms with E-state index in [1.54, 1.807) is 49.6 Å². The summed E-state index contributed by atoms with van der Waals surface area (Å²) in [4.78, 5) is 9.84. The molecule has 6 rings (SSSR count). The standard InChI is InChI=1S/C49H58N2O17S4/c1-6-50-39-20-18-35-37(29-33(69(54,55)56)31-41(35)71(60,61)62)46(39)48(2,3)43(50)15-11-8-7-9-12-16-44-49(4,22-24-67-27-28-68-26-25-66-5)47-38-30-34(70(57,58)59)32-42(72(63,64)65)36(38)19-21-40(47)51(44)23-14-10-13-17-45(52)53/h7-9,11-12,15-16,18-21,29-32H,6,10,13-14,17,22-28H2,1-5H3,(H4-,52,53,54,55,56,57,58,59,60,61,62,63,64,65)/p-3. The first-order valence-electron chi connectivity index (χ1n) is 22.7. The quantitative estimate of drug-likeness (QED) is 0.0361. The summed E-state index contributed by atoms with van der Waals surface area (Å²) in [5.74, 6) is -0.942. The summed E-state index contributed by atoms with van der Waals surface area (Å²) >= 11 is 0. The minimum atomic E-state index is -5.30. The third kappa shape index (κ3) is 12.1. The number of nitrogens with zero attached hydrogens (tertiary/aromatic N) is 2. The van der Waals surface area contributed by atoms with Crippen molar-refractivity contribution >= 4 is 85.1 Å². The number of hydrogen-bond donors (Lipinski definition) is 1. The van der Waals surface area contributed by atoms with Crippen LogP contribution in [0.3, 0.4) is 0 Å². The van der Waals surface area contributed by atoms with E-state index in [1.807, 2.05) is 49.3 Å². The maximum atomic E-state index is 12.6. The van der Waals surface area contributed by atoms with Crippen LogP contribution in [0.15, 0.2) is 116 Å². The smallest absolute Gasteiger partial charge is 0.303 e. The number of unbranched alkanes of at least 4 members (excludes halogenated alkanes) is 2. The second-order valence-corrected chi connectivity index (χ2v) is 23.3. The van der Waals surface area contributed by atoms with E-state index < -0.39 is 76.9 Å². The highest BCUT2D eigenvalue weighted by atomic mass is 32.2. The van der Waals surface area contributed by atoms with Crippen molar-refractivity contribution < 1.29 is 80.6 Å². The Bertz CT molecular complexity index is 3400. The zero-order valence-electron chi connectivity index (χ0n) is 40.2. The second kappa shape index (κ2) is 22.1. The average molecular weight is 1070 g/mol. The normalized spacial score (nSPS) is 18.0. The summed E-state index contributed by atoms with van der Waals surface area (Å²) in [6, 6.07) is 9.43. The van der Waals surface area contributed by atoms with Crippen molar-refractivity contribution in [3.8, 4) is 0 Å². The van der Waals surface area contributed by atoms with Crippen LogP contribution in [0.2, 0.25) is 0 Å². The van der Waals surface area contributed by atoms with E-state index in [2.05, 4.69) is 0 Å². The summed E-state index contributed by atoms with van der Waals surface area (Å²) in [7, 11) is -19.4. The molecule has 2 heterocycles. The number of ether oxygens (including phenoxy) is 3. The Balaban J connectivity index is 1.40. The number of methoxy groups -OCH3 is 1. The molecule has 4 aromatic rings. The number of fused-ring (bicyclic) bond motifs is 6. The van der Waals surface area contributed by atoms with Crippen LogP contribution in [0, 0.1) is 0 Å². The fraction of sp³-hybridized carbons (Fsp3) is 0.388. The lowest BCUT2D eigenvalue weighted by atomic mass is 9.76. The van der Waals surface area contributed by atoms with Crippen molar-refractivity contribution in [1.29, 1.82) is 0 Å². The predicted molar refractivity (Wildman–Crippen MR) is 263 cm³/mol. The number of carbonyl (C=O) groups is 1. The molecule has 1 N–H and O–H groups in total. The molecule has 23 heteroatoms. The molecule has 0 aliphatic carbocycles. The third-order valence-corrected chi connectivity index (χ3v) is 16.2. The fourth-order valence-corrected chi connectivity index (χ4v) is 12.3. The number of rotatable bonds is 24. The second-order valence-electron chi connectivity index (χ2n) is 17.9. The van der Waals surface area contributed by atoms with Gasteiger partial charge in [-0.1, -0.05) is 42.9 Å². The lowest BCUT2D eigenvalue weighted by Crippen LogP contribution is -2.30. The molecule has 0 radical (unpaired) electrons. The van der Waals surface area contributed by atoms with Gasteiger partial charge in [0.1, 0.15) is 47.0 Å². The van der Waals surface area contributed by atoms with Crippen LogP contribution in [0.1, 0.15) is 70.9 Å². The van der Waals surface area contributed by atoms with Crippen molar-refractivity contribution in [2.75, 3.05) is 58.1 Å². The van der Waals surface area contributed by atoms with Gasteiger partial charge >= 0.3 is 5.97 Å². The first-order chi connectivity index (χ1) is 33.7. The van der Waals surface area contributed by atoms with Crippen LogP contribution in [-0.2, 0) is 70.3 Å². The Hall–Kier alpha value is -5.18. The number of allylic oxidation sites excluding steroid dienone is 8. The SMILES string of the molecule is CC[N+]1=C(/C=C/C=C/C=C/C=C2/N(CCCCCC(=O)O)c3ccc4c(S(=O)(=O)[O-])cc(S(=O)(=O)[O-])cc4c3C2(C)CCOCCOCCOC)C(C)(C)c2c1ccc1c(S(=O)(=O)[O-])cc(S(=O)(=O)[O-])cc21. The van der Waals surface area contributed by atoms with Gasteiger partial charge in [0.05, 0.1) is 51.4 Å². The third-order valence-electron chi connectivity index (χ3n) is 12.9. The average Bonchev–Trinajstić information content (AvgIpc) is 3.66. The van der Waals surface area contributed by atoms with Crippen LogP contribution >= 0.6 is 0 Å². The van der Waals surface area contributed by atoms with Crippen LogP contribution in [0.25, 0.3) is 21.5 Å². The molecule has 1 unspecified atom stereocenters. The molecule has 19 nitrogen and oxygen atoms in total. The number of aliphatic carboxylic acids is 1. The number of hydrogen-bond acceptors (Lipinski definition) is 17. The van der Waals surface area contributed by atoms with Gasteiger partial charge in [0.15, 0.2) is 5.71 Å². The van der Waals surface area contributed by atoms with E-state index in [9.17, 15) is 61.8 Å². The van der Waals surface area contributed by atoms with Crippen LogP contribution < -0.4 is 4.90 Å². The lowest BCUT2D eigenvalue weighted by molar-refractivity contribution is -0.433. The summed E-state index contributed by atoms with van der Waals surface area (Å²) in [5.41, 5.74) is 1.55. The fourth-order valence-electron chi connectivity index (χ4n) is 9.62. The molecule has 0 saturated heterocycles. The Morgan fingerprint density at radius 1 is 0.667 bits per heavy atom. The van der Waals surface area contributed by atoms with E-state index >= 15 is 0 Å². The van der Waals surface area contributed by atoms with Crippen LogP contribution in [0.4, 0.5) is 11.4 Å². The first kappa shape index (κ1) is 56.1. The van der Waals surface area contributed by atoms with Crippen LogP contribution in [-0.4, -0.2) is 126 Å². The van der Waals surface area contributed by atoms with Gasteiger partial charge in [0.2, 0.25) is 5.69 Å². The van der Waals surface area contributed by atoms with Crippen molar-refractivity contribution in [2.24, 2.45) is 0 Å². The molecule has 390 valence electrons. The van der Waals surface area contributed by atoms with Gasteiger partial charge in [-0.25, -0.2) is 33.7 Å². The van der Waals surface area contributed by atoms with Crippen molar-refractivity contribution in [1.82, 2.24) is 0 Å². The van der Waals surface area contributed by atoms with Gasteiger partial charge in [0, 0.05) is 66.6 Å². The van der Waals surface area contributed by atoms with Crippen LogP contribution in [0.5, 0.6) is 0 Å². The Morgan fingerprint density at radius 3 is 1.76 bits per heavy atom. The highest BCUT2D eigenvalue weighted by Gasteiger charge is 2.46. The number of carboxylic acids is 1. The Morgan fingerprint density at radius 2 is 1.21 bits per heavy atom. The van der Waals surface area contributed by atoms with Crippen molar-refractivity contribution in [3.05, 3.63) is 108 Å². The molecule has 4 aromatic carbocycles. The molecule has 2 aliphatic rings. The summed E-state index contributed by atoms with van der Waals surface area (Å²) < 4.78 is 167.